The highest BCUT2D eigenvalue weighted by molar-refractivity contribution is 7.74. The lowest BCUT2D eigenvalue weighted by molar-refractivity contribution is 0.0600. The minimum absolute atomic E-state index is 0.257. The van der Waals surface area contributed by atoms with E-state index in [9.17, 15) is 13.6 Å². The Bertz CT molecular complexity index is 545. The standard InChI is InChI=1S/C13H17NO6S/c1-14(20-21(16)17)11-5-10(13(15)18-2)6-12(7-11)19-8-9-3-4-9/h5-7,9H,3-4,8H2,1-2H3,(H,16,17)/p-1. The predicted molar refractivity (Wildman–Crippen MR) is 74.4 cm³/mol. The molecule has 1 fully saturated rings. The SMILES string of the molecule is COC(=O)c1cc(OCC2CC2)cc(N(C)OS(=O)[O-])c1. The van der Waals surface area contributed by atoms with Gasteiger partial charge in [-0.2, -0.15) is 4.28 Å². The molecule has 0 aromatic heterocycles. The maximum atomic E-state index is 11.7. The summed E-state index contributed by atoms with van der Waals surface area (Å²) in [7, 11) is 2.68. The second-order valence-electron chi connectivity index (χ2n) is 4.74. The Kier molecular flexibility index (Phi) is 5.16. The first-order valence-electron chi connectivity index (χ1n) is 6.37. The highest BCUT2D eigenvalue weighted by Crippen LogP contribution is 2.31. The zero-order valence-corrected chi connectivity index (χ0v) is 12.6. The van der Waals surface area contributed by atoms with Crippen molar-refractivity contribution in [1.82, 2.24) is 0 Å². The first kappa shape index (κ1) is 15.7. The summed E-state index contributed by atoms with van der Waals surface area (Å²) in [6.07, 6.45) is 2.28. The molecule has 1 saturated carbocycles. The molecule has 0 radical (unpaired) electrons. The molecule has 0 bridgehead atoms. The monoisotopic (exact) mass is 314 g/mol. The first-order chi connectivity index (χ1) is 9.99. The van der Waals surface area contributed by atoms with Gasteiger partial charge < -0.3 is 14.0 Å². The topological polar surface area (TPSA) is 88.1 Å². The van der Waals surface area contributed by atoms with Crippen LogP contribution in [0.2, 0.25) is 0 Å². The third-order valence-electron chi connectivity index (χ3n) is 3.03. The summed E-state index contributed by atoms with van der Waals surface area (Å²) < 4.78 is 36.0. The van der Waals surface area contributed by atoms with Gasteiger partial charge in [-0.1, -0.05) is 0 Å². The van der Waals surface area contributed by atoms with Crippen LogP contribution in [0, 0.1) is 5.92 Å². The second kappa shape index (κ2) is 6.88. The van der Waals surface area contributed by atoms with Gasteiger partial charge in [0.25, 0.3) is 0 Å². The fourth-order valence-electron chi connectivity index (χ4n) is 1.72. The van der Waals surface area contributed by atoms with Crippen molar-refractivity contribution in [3.8, 4) is 5.75 Å². The van der Waals surface area contributed by atoms with Crippen molar-refractivity contribution in [2.75, 3.05) is 25.8 Å². The van der Waals surface area contributed by atoms with Crippen LogP contribution in [0.25, 0.3) is 0 Å². The van der Waals surface area contributed by atoms with Gasteiger partial charge in [-0.15, -0.1) is 0 Å². The molecule has 0 aliphatic heterocycles. The molecular weight excluding hydrogens is 298 g/mol. The lowest BCUT2D eigenvalue weighted by Crippen LogP contribution is -2.19. The van der Waals surface area contributed by atoms with Gasteiger partial charge in [0.15, 0.2) is 0 Å². The summed E-state index contributed by atoms with van der Waals surface area (Å²) in [6.45, 7) is 0.572. The smallest absolute Gasteiger partial charge is 0.338 e. The summed E-state index contributed by atoms with van der Waals surface area (Å²) in [5, 5.41) is 1.03. The number of benzene rings is 1. The molecule has 0 amide bonds. The van der Waals surface area contributed by atoms with Crippen molar-refractivity contribution in [3.63, 3.8) is 0 Å². The van der Waals surface area contributed by atoms with E-state index in [1.807, 2.05) is 0 Å². The minimum Gasteiger partial charge on any atom is -0.748 e. The Morgan fingerprint density at radius 2 is 2.14 bits per heavy atom. The van der Waals surface area contributed by atoms with Gasteiger partial charge in [-0.3, -0.25) is 0 Å². The average molecular weight is 314 g/mol. The summed E-state index contributed by atoms with van der Waals surface area (Å²) in [5.74, 6) is 0.482. The van der Waals surface area contributed by atoms with Crippen molar-refractivity contribution in [2.24, 2.45) is 5.92 Å². The van der Waals surface area contributed by atoms with Crippen LogP contribution in [0.15, 0.2) is 18.2 Å². The van der Waals surface area contributed by atoms with E-state index >= 15 is 0 Å². The molecule has 0 saturated heterocycles. The van der Waals surface area contributed by atoms with Crippen LogP contribution in [0.1, 0.15) is 23.2 Å². The third kappa shape index (κ3) is 4.69. The minimum atomic E-state index is -2.70. The van der Waals surface area contributed by atoms with Crippen molar-refractivity contribution in [1.29, 1.82) is 0 Å². The van der Waals surface area contributed by atoms with Crippen LogP contribution >= 0.6 is 0 Å². The molecule has 1 aliphatic rings. The van der Waals surface area contributed by atoms with Crippen LogP contribution in [-0.4, -0.2) is 35.5 Å². The molecule has 8 heteroatoms. The molecule has 7 nitrogen and oxygen atoms in total. The van der Waals surface area contributed by atoms with Gasteiger partial charge in [0.05, 0.1) is 25.0 Å². The Morgan fingerprint density at radius 1 is 1.43 bits per heavy atom. The number of hydroxylamine groups is 1. The van der Waals surface area contributed by atoms with Crippen molar-refractivity contribution >= 4 is 23.0 Å². The molecule has 0 heterocycles. The summed E-state index contributed by atoms with van der Waals surface area (Å²) in [6, 6.07) is 4.62. The van der Waals surface area contributed by atoms with E-state index in [2.05, 4.69) is 9.02 Å². The number of ether oxygens (including phenoxy) is 2. The lowest BCUT2D eigenvalue weighted by Gasteiger charge is -2.20. The molecule has 1 atom stereocenters. The quantitative estimate of drug-likeness (QED) is 0.427. The van der Waals surface area contributed by atoms with Crippen LogP contribution in [0.5, 0.6) is 5.75 Å². The molecule has 1 unspecified atom stereocenters. The van der Waals surface area contributed by atoms with E-state index < -0.39 is 17.3 Å². The van der Waals surface area contributed by atoms with E-state index in [4.69, 9.17) is 4.74 Å². The van der Waals surface area contributed by atoms with Gasteiger partial charge in [0.2, 0.25) is 0 Å². The Balaban J connectivity index is 2.21. The third-order valence-corrected chi connectivity index (χ3v) is 3.38. The number of anilines is 1. The Labute approximate surface area is 125 Å². The number of nitrogens with zero attached hydrogens (tertiary/aromatic N) is 1. The van der Waals surface area contributed by atoms with Crippen LogP contribution in [0.3, 0.4) is 0 Å². The van der Waals surface area contributed by atoms with Crippen molar-refractivity contribution in [3.05, 3.63) is 23.8 Å². The molecule has 0 spiro atoms. The zero-order valence-electron chi connectivity index (χ0n) is 11.7. The molecule has 1 aliphatic carbocycles. The number of carbonyl (C=O) groups excluding carboxylic acids is 1. The normalized spacial score (nSPS) is 15.4. The Hall–Kier alpha value is -1.64. The maximum absolute atomic E-state index is 11.7. The number of rotatable bonds is 7. The molecule has 21 heavy (non-hydrogen) atoms. The molecule has 116 valence electrons. The van der Waals surface area contributed by atoms with E-state index in [1.54, 1.807) is 12.1 Å². The van der Waals surface area contributed by atoms with E-state index in [-0.39, 0.29) is 5.56 Å². The number of hydrogen-bond donors (Lipinski definition) is 0. The summed E-state index contributed by atoms with van der Waals surface area (Å²) in [5.41, 5.74) is 0.626. The van der Waals surface area contributed by atoms with E-state index in [0.717, 1.165) is 17.9 Å². The van der Waals surface area contributed by atoms with Gasteiger partial charge in [-0.05, 0) is 30.9 Å². The summed E-state index contributed by atoms with van der Waals surface area (Å²) >= 11 is -2.70. The number of methoxy groups -OCH3 is 1. The molecule has 1 aromatic rings. The lowest BCUT2D eigenvalue weighted by atomic mass is 10.2. The number of carbonyl (C=O) groups is 1. The van der Waals surface area contributed by atoms with Crippen LogP contribution in [0.4, 0.5) is 5.69 Å². The molecular formula is C13H16NO6S-. The average Bonchev–Trinajstić information content (AvgIpc) is 3.27. The predicted octanol–water partition coefficient (Wildman–Crippen LogP) is 1.42. The Morgan fingerprint density at radius 3 is 2.71 bits per heavy atom. The van der Waals surface area contributed by atoms with E-state index in [0.29, 0.717) is 24.0 Å². The summed E-state index contributed by atoms with van der Waals surface area (Å²) in [4.78, 5) is 11.7. The second-order valence-corrected chi connectivity index (χ2v) is 5.29. The zero-order chi connectivity index (χ0) is 15.4. The van der Waals surface area contributed by atoms with Gasteiger partial charge in [0, 0.05) is 13.1 Å². The molecule has 2 rings (SSSR count). The number of hydrogen-bond acceptors (Lipinski definition) is 7. The largest absolute Gasteiger partial charge is 0.748 e. The molecule has 0 N–H and O–H groups in total. The highest BCUT2D eigenvalue weighted by atomic mass is 32.2. The molecule has 1 aromatic carbocycles. The van der Waals surface area contributed by atoms with Crippen LogP contribution in [-0.2, 0) is 20.4 Å². The first-order valence-corrected chi connectivity index (χ1v) is 7.37. The van der Waals surface area contributed by atoms with Crippen molar-refractivity contribution in [2.45, 2.75) is 12.8 Å². The van der Waals surface area contributed by atoms with Crippen molar-refractivity contribution < 1.29 is 27.3 Å². The number of esters is 1. The fourth-order valence-corrected chi connectivity index (χ4v) is 1.99. The highest BCUT2D eigenvalue weighted by Gasteiger charge is 2.22. The van der Waals surface area contributed by atoms with Gasteiger partial charge in [-0.25, -0.2) is 14.1 Å². The fraction of sp³-hybridized carbons (Fsp3) is 0.462. The van der Waals surface area contributed by atoms with Gasteiger partial charge in [0.1, 0.15) is 17.1 Å². The van der Waals surface area contributed by atoms with Gasteiger partial charge >= 0.3 is 5.97 Å². The van der Waals surface area contributed by atoms with Crippen LogP contribution < -0.4 is 9.80 Å². The van der Waals surface area contributed by atoms with E-state index in [1.165, 1.54) is 20.2 Å². The maximum Gasteiger partial charge on any atom is 0.338 e.